The molecule has 7 nitrogen and oxygen atoms in total. The van der Waals surface area contributed by atoms with Crippen LogP contribution in [0.1, 0.15) is 92.4 Å². The molecule has 0 saturated carbocycles. The van der Waals surface area contributed by atoms with Crippen LogP contribution in [0.5, 0.6) is 0 Å². The number of likely N-dealkylation sites (tertiary alicyclic amines) is 1. The lowest BCUT2D eigenvalue weighted by Gasteiger charge is -2.30. The van der Waals surface area contributed by atoms with Crippen LogP contribution in [0, 0.1) is 35.5 Å². The first-order valence-corrected chi connectivity index (χ1v) is 16.7. The SMILES string of the molecule is CCCCN(CCCCC(C)C(C)C)C(=O)CN1C[C@H](C2C=C3CCOC3=CC2)[C@@H](C(=O)O)[C@@H]1CCC1=NC=CC1C. The summed E-state index contributed by atoms with van der Waals surface area (Å²) in [5.74, 6) is 1.66. The van der Waals surface area contributed by atoms with Gasteiger partial charge in [-0.2, -0.15) is 0 Å². The van der Waals surface area contributed by atoms with Gasteiger partial charge in [0.2, 0.25) is 5.91 Å². The number of allylic oxidation sites excluding steroid dienone is 4. The molecule has 234 valence electrons. The minimum atomic E-state index is -0.738. The van der Waals surface area contributed by atoms with Crippen LogP contribution < -0.4 is 0 Å². The maximum absolute atomic E-state index is 13.9. The second-order valence-corrected chi connectivity index (χ2v) is 13.5. The topological polar surface area (TPSA) is 82.4 Å². The first kappa shape index (κ1) is 32.5. The fourth-order valence-electron chi connectivity index (χ4n) is 7.21. The van der Waals surface area contributed by atoms with E-state index in [2.05, 4.69) is 67.6 Å². The Labute approximate surface area is 254 Å². The molecule has 3 aliphatic heterocycles. The first-order chi connectivity index (χ1) is 20.2. The van der Waals surface area contributed by atoms with Crippen molar-refractivity contribution in [2.24, 2.45) is 40.5 Å². The molecule has 7 heteroatoms. The molecule has 0 aromatic rings. The Morgan fingerprint density at radius 2 is 1.98 bits per heavy atom. The summed E-state index contributed by atoms with van der Waals surface area (Å²) in [6.07, 6.45) is 17.0. The molecule has 3 unspecified atom stereocenters. The van der Waals surface area contributed by atoms with Crippen molar-refractivity contribution < 1.29 is 19.4 Å². The maximum atomic E-state index is 13.9. The van der Waals surface area contributed by atoms with Crippen LogP contribution in [-0.4, -0.2) is 71.3 Å². The first-order valence-electron chi connectivity index (χ1n) is 16.7. The van der Waals surface area contributed by atoms with E-state index < -0.39 is 11.9 Å². The minimum Gasteiger partial charge on any atom is -0.493 e. The van der Waals surface area contributed by atoms with Crippen LogP contribution >= 0.6 is 0 Å². The Balaban J connectivity index is 1.48. The van der Waals surface area contributed by atoms with Crippen molar-refractivity contribution in [2.75, 3.05) is 32.8 Å². The summed E-state index contributed by atoms with van der Waals surface area (Å²) in [5, 5.41) is 10.6. The number of carbonyl (C=O) groups is 2. The van der Waals surface area contributed by atoms with Gasteiger partial charge in [0.15, 0.2) is 0 Å². The van der Waals surface area contributed by atoms with Gasteiger partial charge in [0, 0.05) is 49.9 Å². The predicted molar refractivity (Wildman–Crippen MR) is 169 cm³/mol. The van der Waals surface area contributed by atoms with Crippen LogP contribution in [0.25, 0.3) is 0 Å². The van der Waals surface area contributed by atoms with E-state index in [0.29, 0.717) is 38.0 Å². The molecular formula is C35H55N3O4. The molecular weight excluding hydrogens is 526 g/mol. The number of aliphatic imine (C=N–C) groups is 1. The molecule has 6 atom stereocenters. The highest BCUT2D eigenvalue weighted by Gasteiger charge is 2.49. The third kappa shape index (κ3) is 8.15. The summed E-state index contributed by atoms with van der Waals surface area (Å²) in [6.45, 7) is 14.4. The zero-order valence-electron chi connectivity index (χ0n) is 26.8. The van der Waals surface area contributed by atoms with Crippen molar-refractivity contribution in [2.45, 2.75) is 98.4 Å². The van der Waals surface area contributed by atoms with E-state index in [-0.39, 0.29) is 29.7 Å². The fourth-order valence-corrected chi connectivity index (χ4v) is 7.21. The van der Waals surface area contributed by atoms with Crippen LogP contribution in [0.15, 0.2) is 40.8 Å². The number of fused-ring (bicyclic) bond motifs is 1. The fraction of sp³-hybridized carbons (Fsp3) is 0.743. The maximum Gasteiger partial charge on any atom is 0.308 e. The van der Waals surface area contributed by atoms with Crippen LogP contribution in [-0.2, 0) is 14.3 Å². The monoisotopic (exact) mass is 581 g/mol. The molecule has 4 rings (SSSR count). The summed E-state index contributed by atoms with van der Waals surface area (Å²) in [7, 11) is 0. The number of carboxylic acid groups (broad SMARTS) is 1. The third-order valence-corrected chi connectivity index (χ3v) is 10.3. The number of ether oxygens (including phenoxy) is 1. The molecule has 4 aliphatic rings. The summed E-state index contributed by atoms with van der Waals surface area (Å²) in [6, 6.07) is -0.185. The number of unbranched alkanes of at least 4 members (excludes halogenated alkanes) is 2. The molecule has 1 aliphatic carbocycles. The number of hydrogen-bond acceptors (Lipinski definition) is 5. The lowest BCUT2D eigenvalue weighted by molar-refractivity contribution is -0.145. The normalized spacial score (nSPS) is 27.9. The van der Waals surface area contributed by atoms with E-state index in [4.69, 9.17) is 4.74 Å². The second kappa shape index (κ2) is 15.4. The Morgan fingerprint density at radius 1 is 1.19 bits per heavy atom. The third-order valence-electron chi connectivity index (χ3n) is 10.3. The average Bonchev–Trinajstić information content (AvgIpc) is 3.69. The smallest absolute Gasteiger partial charge is 0.308 e. The molecule has 0 bridgehead atoms. The Bertz CT molecular complexity index is 1060. The van der Waals surface area contributed by atoms with Crippen molar-refractivity contribution in [1.82, 2.24) is 9.80 Å². The summed E-state index contributed by atoms with van der Waals surface area (Å²) in [4.78, 5) is 35.6. The zero-order valence-corrected chi connectivity index (χ0v) is 26.8. The molecule has 3 heterocycles. The van der Waals surface area contributed by atoms with Gasteiger partial charge in [-0.25, -0.2) is 0 Å². The van der Waals surface area contributed by atoms with E-state index in [1.807, 2.05) is 6.20 Å². The van der Waals surface area contributed by atoms with E-state index in [9.17, 15) is 14.7 Å². The largest absolute Gasteiger partial charge is 0.493 e. The van der Waals surface area contributed by atoms with Crippen molar-refractivity contribution >= 4 is 17.6 Å². The molecule has 42 heavy (non-hydrogen) atoms. The molecule has 0 radical (unpaired) electrons. The Kier molecular flexibility index (Phi) is 11.9. The van der Waals surface area contributed by atoms with E-state index in [1.165, 1.54) is 12.0 Å². The van der Waals surface area contributed by atoms with Gasteiger partial charge < -0.3 is 14.7 Å². The van der Waals surface area contributed by atoms with Crippen molar-refractivity contribution in [3.05, 3.63) is 35.8 Å². The highest BCUT2D eigenvalue weighted by Crippen LogP contribution is 2.43. The van der Waals surface area contributed by atoms with Crippen LogP contribution in [0.3, 0.4) is 0 Å². The van der Waals surface area contributed by atoms with Crippen LogP contribution in [0.4, 0.5) is 0 Å². The molecule has 2 fully saturated rings. The lowest BCUT2D eigenvalue weighted by Crippen LogP contribution is -2.45. The molecule has 0 spiro atoms. The number of nitrogens with zero attached hydrogens (tertiary/aromatic N) is 3. The van der Waals surface area contributed by atoms with Gasteiger partial charge in [-0.1, -0.05) is 66.0 Å². The molecule has 1 N–H and O–H groups in total. The number of rotatable bonds is 16. The lowest BCUT2D eigenvalue weighted by atomic mass is 9.76. The molecule has 2 saturated heterocycles. The standard InChI is InChI=1S/C35H55N3O4/c1-6-7-18-37(19-9-8-10-25(4)24(2)3)33(39)23-38-22-29(27-11-14-32-28(21-27)16-20-42-32)34(35(40)41)31(38)13-12-30-26(5)15-17-36-30/h14-15,17,21,24-27,29,31,34H,6-13,16,18-20,22-23H2,1-5H3,(H,40,41)/t25?,26?,27?,29-,31+,34-/m1/s1. The highest BCUT2D eigenvalue weighted by molar-refractivity contribution is 5.90. The van der Waals surface area contributed by atoms with E-state index in [1.54, 1.807) is 0 Å². The van der Waals surface area contributed by atoms with Crippen molar-refractivity contribution in [3.8, 4) is 0 Å². The molecule has 0 aromatic heterocycles. The van der Waals surface area contributed by atoms with E-state index in [0.717, 1.165) is 69.5 Å². The zero-order chi connectivity index (χ0) is 30.2. The highest BCUT2D eigenvalue weighted by atomic mass is 16.5. The van der Waals surface area contributed by atoms with Gasteiger partial charge in [-0.15, -0.1) is 0 Å². The number of hydrogen-bond donors (Lipinski definition) is 1. The van der Waals surface area contributed by atoms with Gasteiger partial charge in [0.1, 0.15) is 5.76 Å². The second-order valence-electron chi connectivity index (χ2n) is 13.5. The summed E-state index contributed by atoms with van der Waals surface area (Å²) < 4.78 is 5.76. The number of carbonyl (C=O) groups excluding carboxylic acids is 1. The molecule has 0 aromatic carbocycles. The van der Waals surface area contributed by atoms with Gasteiger partial charge in [0.25, 0.3) is 0 Å². The summed E-state index contributed by atoms with van der Waals surface area (Å²) >= 11 is 0. The van der Waals surface area contributed by atoms with Crippen LogP contribution in [0.2, 0.25) is 0 Å². The number of carboxylic acids is 1. The Morgan fingerprint density at radius 3 is 2.67 bits per heavy atom. The van der Waals surface area contributed by atoms with Gasteiger partial charge in [-0.3, -0.25) is 19.5 Å². The van der Waals surface area contributed by atoms with Gasteiger partial charge in [0.05, 0.1) is 19.1 Å². The Hall–Kier alpha value is -2.41. The summed E-state index contributed by atoms with van der Waals surface area (Å²) in [5.41, 5.74) is 2.34. The number of aliphatic carboxylic acids is 1. The average molecular weight is 582 g/mol. The van der Waals surface area contributed by atoms with Gasteiger partial charge in [-0.05, 0) is 67.4 Å². The van der Waals surface area contributed by atoms with Crippen molar-refractivity contribution in [3.63, 3.8) is 0 Å². The predicted octanol–water partition coefficient (Wildman–Crippen LogP) is 6.71. The minimum absolute atomic E-state index is 0.0334. The molecule has 1 amide bonds. The quantitative estimate of drug-likeness (QED) is 0.205. The van der Waals surface area contributed by atoms with Crippen molar-refractivity contribution in [1.29, 1.82) is 0 Å². The number of amides is 1. The van der Waals surface area contributed by atoms with Gasteiger partial charge >= 0.3 is 5.97 Å². The van der Waals surface area contributed by atoms with E-state index >= 15 is 0 Å².